The summed E-state index contributed by atoms with van der Waals surface area (Å²) >= 11 is 0. The third kappa shape index (κ3) is 2.67. The molecule has 0 spiro atoms. The average Bonchev–Trinajstić information content (AvgIpc) is 2.85. The topological polar surface area (TPSA) is 86.7 Å². The van der Waals surface area contributed by atoms with Crippen LogP contribution in [0.3, 0.4) is 0 Å². The number of carboxylic acid groups (broad SMARTS) is 1. The van der Waals surface area contributed by atoms with Gasteiger partial charge in [0.1, 0.15) is 5.54 Å². The Morgan fingerprint density at radius 2 is 1.93 bits per heavy atom. The number of carboxylic acids is 1. The second-order valence-corrected chi connectivity index (χ2v) is 5.96. The van der Waals surface area contributed by atoms with Gasteiger partial charge in [0.05, 0.1) is 0 Å². The minimum Gasteiger partial charge on any atom is -0.480 e. The van der Waals surface area contributed by atoms with Crippen molar-refractivity contribution in [3.8, 4) is 0 Å². The zero-order valence-corrected chi connectivity index (χ0v) is 9.84. The van der Waals surface area contributed by atoms with Gasteiger partial charge in [-0.25, -0.2) is 0 Å². The first-order valence-corrected chi connectivity index (χ1v) is 6.11. The number of likely N-dealkylation sites (N-methyl/N-ethyl adjacent to an activating group) is 1. The van der Waals surface area contributed by atoms with E-state index in [0.717, 1.165) is 17.1 Å². The maximum atomic E-state index is 11.7. The molecule has 0 saturated heterocycles. The maximum absolute atomic E-state index is 11.7. The third-order valence-corrected chi connectivity index (χ3v) is 4.37. The van der Waals surface area contributed by atoms with Crippen molar-refractivity contribution in [3.63, 3.8) is 0 Å². The van der Waals surface area contributed by atoms with Crippen LogP contribution in [-0.2, 0) is 15.0 Å². The summed E-state index contributed by atoms with van der Waals surface area (Å²) in [5.41, 5.74) is -1.44. The Kier molecular flexibility index (Phi) is 3.09. The van der Waals surface area contributed by atoms with Gasteiger partial charge in [-0.1, -0.05) is 0 Å². The van der Waals surface area contributed by atoms with Crippen LogP contribution in [0.1, 0.15) is 26.7 Å². The van der Waals surface area contributed by atoms with Gasteiger partial charge < -0.3 is 5.11 Å². The van der Waals surface area contributed by atoms with Crippen LogP contribution in [0.15, 0.2) is 0 Å². The van der Waals surface area contributed by atoms with E-state index < -0.39 is 21.7 Å². The Labute approximate surface area is 89.4 Å². The summed E-state index contributed by atoms with van der Waals surface area (Å²) in [5.74, 6) is -1.17. The molecule has 0 bridgehead atoms. The van der Waals surface area contributed by atoms with Crippen molar-refractivity contribution in [1.29, 1.82) is 0 Å². The summed E-state index contributed by atoms with van der Waals surface area (Å²) in [7, 11) is -2.43. The largest absolute Gasteiger partial charge is 0.480 e. The number of aliphatic carboxylic acids is 1. The molecule has 0 radical (unpaired) electrons. The predicted octanol–water partition coefficient (Wildman–Crippen LogP) is -0.222. The molecule has 0 aromatic rings. The van der Waals surface area contributed by atoms with Crippen LogP contribution in [0.4, 0.5) is 0 Å². The van der Waals surface area contributed by atoms with Gasteiger partial charge in [-0.05, 0) is 26.7 Å². The van der Waals surface area contributed by atoms with E-state index in [2.05, 4.69) is 4.72 Å². The fourth-order valence-corrected chi connectivity index (χ4v) is 2.42. The summed E-state index contributed by atoms with van der Waals surface area (Å²) < 4.78 is 26.6. The predicted molar refractivity (Wildman–Crippen MR) is 54.6 cm³/mol. The number of nitrogens with zero attached hydrogens (tertiary/aromatic N) is 1. The normalized spacial score (nSPS) is 18.1. The van der Waals surface area contributed by atoms with E-state index in [1.165, 1.54) is 20.9 Å². The van der Waals surface area contributed by atoms with Crippen LogP contribution in [0.5, 0.6) is 0 Å². The highest BCUT2D eigenvalue weighted by Crippen LogP contribution is 2.23. The molecule has 0 amide bonds. The van der Waals surface area contributed by atoms with Crippen molar-refractivity contribution in [1.82, 2.24) is 9.03 Å². The van der Waals surface area contributed by atoms with Gasteiger partial charge in [0.25, 0.3) is 10.2 Å². The van der Waals surface area contributed by atoms with Crippen LogP contribution in [0, 0.1) is 0 Å². The number of rotatable bonds is 5. The Morgan fingerprint density at radius 1 is 1.47 bits per heavy atom. The lowest BCUT2D eigenvalue weighted by atomic mass is 10.1. The third-order valence-electron chi connectivity index (χ3n) is 2.56. The Balaban J connectivity index is 2.81. The minimum atomic E-state index is -3.70. The lowest BCUT2D eigenvalue weighted by Gasteiger charge is -2.30. The summed E-state index contributed by atoms with van der Waals surface area (Å²) in [4.78, 5) is 10.9. The summed E-state index contributed by atoms with van der Waals surface area (Å²) in [6.45, 7) is 2.70. The molecular weight excluding hydrogens is 220 g/mol. The molecule has 1 aliphatic carbocycles. The molecule has 7 heteroatoms. The van der Waals surface area contributed by atoms with E-state index >= 15 is 0 Å². The standard InChI is InChI=1S/C8H16N2O4S/c1-8(2,7(11)12)10(3)15(13,14)9-6-4-5-6/h6,9H,4-5H2,1-3H3,(H,11,12). The van der Waals surface area contributed by atoms with Crippen molar-refractivity contribution in [3.05, 3.63) is 0 Å². The molecular formula is C8H16N2O4S. The molecule has 0 aromatic heterocycles. The van der Waals surface area contributed by atoms with Crippen molar-refractivity contribution in [2.45, 2.75) is 38.3 Å². The molecule has 1 aliphatic rings. The highest BCUT2D eigenvalue weighted by molar-refractivity contribution is 7.87. The monoisotopic (exact) mass is 236 g/mol. The van der Waals surface area contributed by atoms with Crippen molar-refractivity contribution >= 4 is 16.2 Å². The molecule has 1 rings (SSSR count). The molecule has 15 heavy (non-hydrogen) atoms. The van der Waals surface area contributed by atoms with Gasteiger partial charge in [-0.3, -0.25) is 4.79 Å². The first-order valence-electron chi connectivity index (χ1n) is 4.67. The van der Waals surface area contributed by atoms with Crippen LogP contribution in [-0.4, -0.2) is 42.4 Å². The summed E-state index contributed by atoms with van der Waals surface area (Å²) in [5, 5.41) is 8.89. The zero-order valence-electron chi connectivity index (χ0n) is 9.02. The highest BCUT2D eigenvalue weighted by Gasteiger charge is 2.41. The summed E-state index contributed by atoms with van der Waals surface area (Å²) in [6.07, 6.45) is 1.64. The quantitative estimate of drug-likeness (QED) is 0.691. The fraction of sp³-hybridized carbons (Fsp3) is 0.875. The van der Waals surface area contributed by atoms with Gasteiger partial charge >= 0.3 is 5.97 Å². The second kappa shape index (κ2) is 3.73. The number of hydrogen-bond acceptors (Lipinski definition) is 3. The van der Waals surface area contributed by atoms with Gasteiger partial charge in [0, 0.05) is 13.1 Å². The Morgan fingerprint density at radius 3 is 2.27 bits per heavy atom. The van der Waals surface area contributed by atoms with Crippen LogP contribution < -0.4 is 4.72 Å². The van der Waals surface area contributed by atoms with Crippen LogP contribution >= 0.6 is 0 Å². The first-order chi connectivity index (χ1) is 6.68. The molecule has 0 unspecified atom stereocenters. The van der Waals surface area contributed by atoms with Gasteiger partial charge in [0.2, 0.25) is 0 Å². The summed E-state index contributed by atoms with van der Waals surface area (Å²) in [6, 6.07) is -0.0259. The molecule has 1 fully saturated rings. The molecule has 0 heterocycles. The van der Waals surface area contributed by atoms with Gasteiger partial charge in [-0.15, -0.1) is 0 Å². The molecule has 2 N–H and O–H groups in total. The Bertz CT molecular complexity index is 359. The first kappa shape index (κ1) is 12.4. The number of nitrogens with one attached hydrogen (secondary N) is 1. The highest BCUT2D eigenvalue weighted by atomic mass is 32.2. The van der Waals surface area contributed by atoms with Crippen LogP contribution in [0.25, 0.3) is 0 Å². The van der Waals surface area contributed by atoms with E-state index in [1.807, 2.05) is 0 Å². The van der Waals surface area contributed by atoms with E-state index in [4.69, 9.17) is 5.11 Å². The smallest absolute Gasteiger partial charge is 0.324 e. The van der Waals surface area contributed by atoms with Crippen molar-refractivity contribution in [2.24, 2.45) is 0 Å². The molecule has 0 aliphatic heterocycles. The van der Waals surface area contributed by atoms with E-state index in [9.17, 15) is 13.2 Å². The number of carbonyl (C=O) groups is 1. The molecule has 0 aromatic carbocycles. The SMILES string of the molecule is CN(C(C)(C)C(=O)O)S(=O)(=O)NC1CC1. The van der Waals surface area contributed by atoms with Crippen molar-refractivity contribution < 1.29 is 18.3 Å². The lowest BCUT2D eigenvalue weighted by Crippen LogP contribution is -2.54. The fourth-order valence-electron chi connectivity index (χ4n) is 0.926. The van der Waals surface area contributed by atoms with E-state index in [1.54, 1.807) is 0 Å². The van der Waals surface area contributed by atoms with Crippen LogP contribution in [0.2, 0.25) is 0 Å². The van der Waals surface area contributed by atoms with Crippen molar-refractivity contribution in [2.75, 3.05) is 7.05 Å². The zero-order chi connectivity index (χ0) is 11.9. The van der Waals surface area contributed by atoms with E-state index in [0.29, 0.717) is 0 Å². The maximum Gasteiger partial charge on any atom is 0.324 e. The molecule has 6 nitrogen and oxygen atoms in total. The number of hydrogen-bond donors (Lipinski definition) is 2. The average molecular weight is 236 g/mol. The minimum absolute atomic E-state index is 0.0259. The molecule has 0 atom stereocenters. The Hall–Kier alpha value is -0.660. The molecule has 88 valence electrons. The van der Waals surface area contributed by atoms with Gasteiger partial charge in [-0.2, -0.15) is 17.4 Å². The van der Waals surface area contributed by atoms with E-state index in [-0.39, 0.29) is 6.04 Å². The second-order valence-electron chi connectivity index (χ2n) is 4.23. The molecule has 1 saturated carbocycles. The van der Waals surface area contributed by atoms with Gasteiger partial charge in [0.15, 0.2) is 0 Å². The lowest BCUT2D eigenvalue weighted by molar-refractivity contribution is -0.145.